The summed E-state index contributed by atoms with van der Waals surface area (Å²) in [6, 6.07) is 14.0. The lowest BCUT2D eigenvalue weighted by Crippen LogP contribution is -2.03. The van der Waals surface area contributed by atoms with Crippen LogP contribution in [0.5, 0.6) is 0 Å². The van der Waals surface area contributed by atoms with E-state index in [0.29, 0.717) is 0 Å². The number of hydrogen-bond donors (Lipinski definition) is 1. The van der Waals surface area contributed by atoms with E-state index in [2.05, 4.69) is 40.2 Å². The average Bonchev–Trinajstić information content (AvgIpc) is 2.84. The molecule has 0 fully saturated rings. The van der Waals surface area contributed by atoms with Crippen molar-refractivity contribution in [2.45, 2.75) is 19.4 Å². The van der Waals surface area contributed by atoms with E-state index in [9.17, 15) is 5.11 Å². The van der Waals surface area contributed by atoms with Crippen molar-refractivity contribution in [1.82, 2.24) is 0 Å². The summed E-state index contributed by atoms with van der Waals surface area (Å²) in [6.45, 7) is 1.82. The summed E-state index contributed by atoms with van der Waals surface area (Å²) in [4.78, 5) is 0. The molecule has 22 heavy (non-hydrogen) atoms. The van der Waals surface area contributed by atoms with Gasteiger partial charge in [-0.3, -0.25) is 0 Å². The smallest absolute Gasteiger partial charge is 0.0770 e. The highest BCUT2D eigenvalue weighted by molar-refractivity contribution is 9.10. The van der Waals surface area contributed by atoms with Gasteiger partial charge < -0.3 is 5.11 Å². The Morgan fingerprint density at radius 1 is 1.14 bits per heavy atom. The van der Waals surface area contributed by atoms with Gasteiger partial charge in [0.1, 0.15) is 0 Å². The molecular weight excluding hydrogens is 360 g/mol. The number of halogens is 2. The molecule has 3 heteroatoms. The molecule has 0 saturated heterocycles. The lowest BCUT2D eigenvalue weighted by atomic mass is 10.0. The first kappa shape index (κ1) is 15.5. The number of aliphatic hydroxyl groups excluding tert-OH is 1. The number of aliphatic hydroxyl groups is 1. The molecule has 2 aromatic rings. The predicted octanol–water partition coefficient (Wildman–Crippen LogP) is 5.51. The first-order valence-corrected chi connectivity index (χ1v) is 8.35. The number of rotatable bonds is 3. The molecule has 1 aliphatic rings. The van der Waals surface area contributed by atoms with Gasteiger partial charge in [0.15, 0.2) is 0 Å². The molecule has 1 unspecified atom stereocenters. The highest BCUT2D eigenvalue weighted by Gasteiger charge is 2.23. The minimum absolute atomic E-state index is 0.479. The molecule has 1 atom stereocenters. The van der Waals surface area contributed by atoms with E-state index in [1.54, 1.807) is 0 Å². The van der Waals surface area contributed by atoms with Gasteiger partial charge in [-0.15, -0.1) is 0 Å². The van der Waals surface area contributed by atoms with Gasteiger partial charge in [-0.05, 0) is 65.4 Å². The summed E-state index contributed by atoms with van der Waals surface area (Å²) in [7, 11) is 0. The van der Waals surface area contributed by atoms with Crippen LogP contribution in [0.4, 0.5) is 0 Å². The van der Waals surface area contributed by atoms with Gasteiger partial charge in [0.05, 0.1) is 6.10 Å². The van der Waals surface area contributed by atoms with Gasteiger partial charge in [-0.25, -0.2) is 0 Å². The van der Waals surface area contributed by atoms with Crippen LogP contribution in [0.3, 0.4) is 0 Å². The Hall–Kier alpha value is -1.35. The summed E-state index contributed by atoms with van der Waals surface area (Å²) < 4.78 is 1.07. The molecule has 0 bridgehead atoms. The quantitative estimate of drug-likeness (QED) is 0.750. The number of allylic oxidation sites excluding steroid dienone is 2. The Balaban J connectivity index is 1.95. The maximum Gasteiger partial charge on any atom is 0.0770 e. The second kappa shape index (κ2) is 6.41. The molecule has 0 saturated carbocycles. The standard InChI is InChI=1S/C19H16BrClO/c1-12(22)19-14(5-2-13-3-7-17(21)8-4-13)10-15-11-16(20)6-9-18(15)19/h2-9,11-12,22H,10H2,1H3/b5-2+. The molecule has 1 aliphatic carbocycles. The lowest BCUT2D eigenvalue weighted by Gasteiger charge is -2.10. The molecule has 112 valence electrons. The molecule has 0 amide bonds. The van der Waals surface area contributed by atoms with Crippen LogP contribution in [-0.4, -0.2) is 11.2 Å². The van der Waals surface area contributed by atoms with Crippen molar-refractivity contribution in [3.8, 4) is 0 Å². The van der Waals surface area contributed by atoms with Crippen molar-refractivity contribution in [2.24, 2.45) is 0 Å². The number of fused-ring (bicyclic) bond motifs is 1. The summed E-state index contributed by atoms with van der Waals surface area (Å²) in [5, 5.41) is 10.9. The Labute approximate surface area is 144 Å². The molecule has 2 aromatic carbocycles. The zero-order valence-corrected chi connectivity index (χ0v) is 14.5. The monoisotopic (exact) mass is 374 g/mol. The van der Waals surface area contributed by atoms with E-state index < -0.39 is 6.10 Å². The van der Waals surface area contributed by atoms with Crippen LogP contribution >= 0.6 is 27.5 Å². The van der Waals surface area contributed by atoms with Crippen molar-refractivity contribution >= 4 is 39.2 Å². The first-order chi connectivity index (χ1) is 10.5. The molecule has 0 aliphatic heterocycles. The molecule has 3 rings (SSSR count). The van der Waals surface area contributed by atoms with Crippen molar-refractivity contribution in [3.63, 3.8) is 0 Å². The molecule has 1 N–H and O–H groups in total. The highest BCUT2D eigenvalue weighted by atomic mass is 79.9. The third-order valence-electron chi connectivity index (χ3n) is 3.85. The predicted molar refractivity (Wildman–Crippen MR) is 96.9 cm³/mol. The maximum atomic E-state index is 10.2. The van der Waals surface area contributed by atoms with Gasteiger partial charge in [-0.2, -0.15) is 0 Å². The fourth-order valence-corrected chi connectivity index (χ4v) is 3.39. The van der Waals surface area contributed by atoms with Crippen molar-refractivity contribution in [1.29, 1.82) is 0 Å². The topological polar surface area (TPSA) is 20.2 Å². The summed E-state index contributed by atoms with van der Waals surface area (Å²) >= 11 is 9.42. The van der Waals surface area contributed by atoms with Crippen LogP contribution in [0.15, 0.2) is 58.6 Å². The second-order valence-corrected chi connectivity index (χ2v) is 6.83. The van der Waals surface area contributed by atoms with Gasteiger partial charge in [0.25, 0.3) is 0 Å². The van der Waals surface area contributed by atoms with Crippen molar-refractivity contribution in [2.75, 3.05) is 0 Å². The maximum absolute atomic E-state index is 10.2. The van der Waals surface area contributed by atoms with Crippen LogP contribution in [0.2, 0.25) is 5.02 Å². The number of benzene rings is 2. The van der Waals surface area contributed by atoms with E-state index in [1.807, 2.05) is 37.3 Å². The van der Waals surface area contributed by atoms with Crippen LogP contribution in [0, 0.1) is 0 Å². The molecule has 1 nitrogen and oxygen atoms in total. The molecule has 0 aromatic heterocycles. The second-order valence-electron chi connectivity index (χ2n) is 5.48. The zero-order valence-electron chi connectivity index (χ0n) is 12.2. The minimum atomic E-state index is -0.479. The molecule has 0 radical (unpaired) electrons. The van der Waals surface area contributed by atoms with Gasteiger partial charge in [0, 0.05) is 9.50 Å². The van der Waals surface area contributed by atoms with E-state index in [4.69, 9.17) is 11.6 Å². The Morgan fingerprint density at radius 3 is 2.55 bits per heavy atom. The average molecular weight is 376 g/mol. The van der Waals surface area contributed by atoms with Crippen LogP contribution in [0.1, 0.15) is 23.6 Å². The molecule has 0 heterocycles. The SMILES string of the molecule is CC(O)C1=C(/C=C/c2ccc(Cl)cc2)Cc2cc(Br)ccc21. The van der Waals surface area contributed by atoms with Crippen LogP contribution in [0.25, 0.3) is 11.6 Å². The zero-order chi connectivity index (χ0) is 15.7. The summed E-state index contributed by atoms with van der Waals surface area (Å²) in [5.74, 6) is 0. The molecular formula is C19H16BrClO. The lowest BCUT2D eigenvalue weighted by molar-refractivity contribution is 0.253. The van der Waals surface area contributed by atoms with Gasteiger partial charge in [-0.1, -0.05) is 57.9 Å². The minimum Gasteiger partial charge on any atom is -0.389 e. The van der Waals surface area contributed by atoms with Crippen LogP contribution in [-0.2, 0) is 6.42 Å². The number of hydrogen-bond acceptors (Lipinski definition) is 1. The van der Waals surface area contributed by atoms with Crippen molar-refractivity contribution < 1.29 is 5.11 Å². The fourth-order valence-electron chi connectivity index (χ4n) is 2.86. The normalized spacial score (nSPS) is 15.5. The summed E-state index contributed by atoms with van der Waals surface area (Å²) in [5.41, 5.74) is 5.68. The van der Waals surface area contributed by atoms with E-state index >= 15 is 0 Å². The Bertz CT molecular complexity index is 758. The Kier molecular flexibility index (Phi) is 4.53. The van der Waals surface area contributed by atoms with Gasteiger partial charge in [0.2, 0.25) is 0 Å². The Morgan fingerprint density at radius 2 is 1.86 bits per heavy atom. The summed E-state index contributed by atoms with van der Waals surface area (Å²) in [6.07, 6.45) is 4.53. The van der Waals surface area contributed by atoms with Gasteiger partial charge >= 0.3 is 0 Å². The molecule has 0 spiro atoms. The van der Waals surface area contributed by atoms with Crippen LogP contribution < -0.4 is 0 Å². The fraction of sp³-hybridized carbons (Fsp3) is 0.158. The third kappa shape index (κ3) is 3.19. The first-order valence-electron chi connectivity index (χ1n) is 7.18. The largest absolute Gasteiger partial charge is 0.389 e. The highest BCUT2D eigenvalue weighted by Crippen LogP contribution is 2.37. The van der Waals surface area contributed by atoms with Crippen molar-refractivity contribution in [3.05, 3.63) is 80.3 Å². The third-order valence-corrected chi connectivity index (χ3v) is 4.59. The van der Waals surface area contributed by atoms with E-state index in [-0.39, 0.29) is 0 Å². The van der Waals surface area contributed by atoms with E-state index in [1.165, 1.54) is 5.56 Å². The van der Waals surface area contributed by atoms with E-state index in [0.717, 1.165) is 38.2 Å².